The van der Waals surface area contributed by atoms with E-state index in [9.17, 15) is 4.39 Å². The third-order valence-electron chi connectivity index (χ3n) is 4.30. The smallest absolute Gasteiger partial charge is 0.142 e. The number of halogens is 1. The molecule has 0 amide bonds. The lowest BCUT2D eigenvalue weighted by molar-refractivity contribution is 0.226. The zero-order valence-corrected chi connectivity index (χ0v) is 15.0. The van der Waals surface area contributed by atoms with Crippen LogP contribution in [0.2, 0.25) is 0 Å². The number of benzene rings is 2. The van der Waals surface area contributed by atoms with Crippen LogP contribution in [-0.2, 0) is 6.42 Å². The first-order chi connectivity index (χ1) is 12.1. The standard InChI is InChI=1S/C20H19FN2OS/c1-12-11-22-17-9-15(7-8-18(17)24-12)20-13(2)25-19(23-20)10-14-5-3-4-6-16(14)21/h3-9,12,22H,10-11H2,1-2H3. The maximum Gasteiger partial charge on any atom is 0.142 e. The number of nitrogens with zero attached hydrogens (tertiary/aromatic N) is 1. The minimum absolute atomic E-state index is 0.173. The molecule has 0 saturated heterocycles. The van der Waals surface area contributed by atoms with Gasteiger partial charge in [-0.05, 0) is 43.7 Å². The average Bonchev–Trinajstić information content (AvgIpc) is 2.97. The number of anilines is 1. The summed E-state index contributed by atoms with van der Waals surface area (Å²) in [6, 6.07) is 13.0. The second kappa shape index (κ2) is 6.48. The maximum absolute atomic E-state index is 13.9. The molecule has 5 heteroatoms. The maximum atomic E-state index is 13.9. The lowest BCUT2D eigenvalue weighted by Gasteiger charge is -2.25. The van der Waals surface area contributed by atoms with Gasteiger partial charge in [0, 0.05) is 16.9 Å². The molecule has 0 aliphatic carbocycles. The molecule has 3 aromatic rings. The molecule has 2 heterocycles. The van der Waals surface area contributed by atoms with Gasteiger partial charge in [-0.15, -0.1) is 11.3 Å². The van der Waals surface area contributed by atoms with Gasteiger partial charge < -0.3 is 10.1 Å². The molecule has 0 radical (unpaired) electrons. The lowest BCUT2D eigenvalue weighted by atomic mass is 10.1. The zero-order chi connectivity index (χ0) is 17.4. The molecular weight excluding hydrogens is 335 g/mol. The number of hydrogen-bond acceptors (Lipinski definition) is 4. The monoisotopic (exact) mass is 354 g/mol. The normalized spacial score (nSPS) is 16.0. The molecule has 1 N–H and O–H groups in total. The van der Waals surface area contributed by atoms with Crippen LogP contribution in [0.5, 0.6) is 5.75 Å². The Bertz CT molecular complexity index is 922. The third kappa shape index (κ3) is 3.24. The van der Waals surface area contributed by atoms with Crippen molar-refractivity contribution >= 4 is 17.0 Å². The van der Waals surface area contributed by atoms with Crippen molar-refractivity contribution in [3.63, 3.8) is 0 Å². The zero-order valence-electron chi connectivity index (χ0n) is 14.2. The Kier molecular flexibility index (Phi) is 4.17. The molecule has 0 spiro atoms. The first-order valence-corrected chi connectivity index (χ1v) is 9.16. The van der Waals surface area contributed by atoms with Crippen LogP contribution in [0, 0.1) is 12.7 Å². The van der Waals surface area contributed by atoms with E-state index in [0.717, 1.165) is 39.1 Å². The van der Waals surface area contributed by atoms with E-state index in [1.165, 1.54) is 6.07 Å². The Morgan fingerprint density at radius 2 is 2.12 bits per heavy atom. The van der Waals surface area contributed by atoms with Crippen molar-refractivity contribution in [1.82, 2.24) is 4.98 Å². The second-order valence-electron chi connectivity index (χ2n) is 6.30. The number of aromatic nitrogens is 1. The van der Waals surface area contributed by atoms with Crippen molar-refractivity contribution in [1.29, 1.82) is 0 Å². The Balaban J connectivity index is 1.64. The SMILES string of the molecule is Cc1sc(Cc2ccccc2F)nc1-c1ccc2c(c1)NCC(C)O2. The first kappa shape index (κ1) is 16.1. The van der Waals surface area contributed by atoms with Crippen molar-refractivity contribution in [2.45, 2.75) is 26.4 Å². The Morgan fingerprint density at radius 1 is 1.28 bits per heavy atom. The van der Waals surface area contributed by atoms with Crippen molar-refractivity contribution in [3.05, 3.63) is 63.7 Å². The van der Waals surface area contributed by atoms with Gasteiger partial charge in [0.1, 0.15) is 17.7 Å². The van der Waals surface area contributed by atoms with Gasteiger partial charge >= 0.3 is 0 Å². The molecule has 2 aromatic carbocycles. The van der Waals surface area contributed by atoms with E-state index in [1.54, 1.807) is 17.4 Å². The highest BCUT2D eigenvalue weighted by Crippen LogP contribution is 2.36. The van der Waals surface area contributed by atoms with Crippen molar-refractivity contribution in [2.75, 3.05) is 11.9 Å². The van der Waals surface area contributed by atoms with E-state index in [1.807, 2.05) is 31.2 Å². The van der Waals surface area contributed by atoms with Crippen LogP contribution in [0.3, 0.4) is 0 Å². The third-order valence-corrected chi connectivity index (χ3v) is 5.27. The van der Waals surface area contributed by atoms with Crippen LogP contribution >= 0.6 is 11.3 Å². The summed E-state index contributed by atoms with van der Waals surface area (Å²) in [6.07, 6.45) is 0.689. The number of nitrogens with one attached hydrogen (secondary N) is 1. The topological polar surface area (TPSA) is 34.2 Å². The van der Waals surface area contributed by atoms with Crippen LogP contribution in [0.1, 0.15) is 22.4 Å². The molecule has 3 nitrogen and oxygen atoms in total. The van der Waals surface area contributed by atoms with E-state index in [-0.39, 0.29) is 11.9 Å². The largest absolute Gasteiger partial charge is 0.487 e. The summed E-state index contributed by atoms with van der Waals surface area (Å²) in [7, 11) is 0. The van der Waals surface area contributed by atoms with E-state index < -0.39 is 0 Å². The quantitative estimate of drug-likeness (QED) is 0.715. The fraction of sp³-hybridized carbons (Fsp3) is 0.250. The molecule has 1 atom stereocenters. The fourth-order valence-corrected chi connectivity index (χ4v) is 4.01. The van der Waals surface area contributed by atoms with Crippen LogP contribution in [-0.4, -0.2) is 17.6 Å². The molecule has 0 fully saturated rings. The molecule has 0 saturated carbocycles. The molecular formula is C20H19FN2OS. The molecule has 1 aromatic heterocycles. The second-order valence-corrected chi connectivity index (χ2v) is 7.59. The molecule has 1 unspecified atom stereocenters. The highest BCUT2D eigenvalue weighted by atomic mass is 32.1. The van der Waals surface area contributed by atoms with Gasteiger partial charge in [-0.25, -0.2) is 9.37 Å². The van der Waals surface area contributed by atoms with E-state index in [0.29, 0.717) is 12.0 Å². The van der Waals surface area contributed by atoms with Crippen LogP contribution in [0.15, 0.2) is 42.5 Å². The Labute approximate surface area is 150 Å². The number of rotatable bonds is 3. The summed E-state index contributed by atoms with van der Waals surface area (Å²) >= 11 is 1.62. The van der Waals surface area contributed by atoms with Gasteiger partial charge in [0.2, 0.25) is 0 Å². The predicted molar refractivity (Wildman–Crippen MR) is 100 cm³/mol. The van der Waals surface area contributed by atoms with E-state index >= 15 is 0 Å². The highest BCUT2D eigenvalue weighted by Gasteiger charge is 2.18. The van der Waals surface area contributed by atoms with Gasteiger partial charge in [-0.3, -0.25) is 0 Å². The van der Waals surface area contributed by atoms with Gasteiger partial charge in [0.05, 0.1) is 22.9 Å². The first-order valence-electron chi connectivity index (χ1n) is 8.35. The minimum Gasteiger partial charge on any atom is -0.487 e. The lowest BCUT2D eigenvalue weighted by Crippen LogP contribution is -2.27. The number of aryl methyl sites for hydroxylation is 1. The summed E-state index contributed by atoms with van der Waals surface area (Å²) in [5.74, 6) is 0.697. The van der Waals surface area contributed by atoms with Gasteiger partial charge in [0.25, 0.3) is 0 Å². The van der Waals surface area contributed by atoms with Crippen LogP contribution < -0.4 is 10.1 Å². The molecule has 1 aliphatic rings. The average molecular weight is 354 g/mol. The minimum atomic E-state index is -0.179. The summed E-state index contributed by atoms with van der Waals surface area (Å²) in [5, 5.41) is 4.32. The molecule has 1 aliphatic heterocycles. The Hall–Kier alpha value is -2.40. The number of fused-ring (bicyclic) bond motifs is 1. The van der Waals surface area contributed by atoms with Crippen molar-refractivity contribution in [2.24, 2.45) is 0 Å². The van der Waals surface area contributed by atoms with Crippen molar-refractivity contribution < 1.29 is 9.13 Å². The summed E-state index contributed by atoms with van der Waals surface area (Å²) < 4.78 is 19.7. The summed E-state index contributed by atoms with van der Waals surface area (Å²) in [6.45, 7) is 4.90. The number of thiazole rings is 1. The summed E-state index contributed by atoms with van der Waals surface area (Å²) in [5.41, 5.74) is 3.69. The van der Waals surface area contributed by atoms with Crippen LogP contribution in [0.25, 0.3) is 11.3 Å². The number of ether oxygens (including phenoxy) is 1. The molecule has 4 rings (SSSR count). The molecule has 25 heavy (non-hydrogen) atoms. The molecule has 128 valence electrons. The predicted octanol–water partition coefficient (Wildman–Crippen LogP) is 5.04. The van der Waals surface area contributed by atoms with Gasteiger partial charge in [0.15, 0.2) is 0 Å². The van der Waals surface area contributed by atoms with Crippen molar-refractivity contribution in [3.8, 4) is 17.0 Å². The van der Waals surface area contributed by atoms with E-state index in [4.69, 9.17) is 9.72 Å². The van der Waals surface area contributed by atoms with Gasteiger partial charge in [-0.1, -0.05) is 18.2 Å². The summed E-state index contributed by atoms with van der Waals surface area (Å²) in [4.78, 5) is 5.90. The van der Waals surface area contributed by atoms with Gasteiger partial charge in [-0.2, -0.15) is 0 Å². The Morgan fingerprint density at radius 3 is 2.96 bits per heavy atom. The van der Waals surface area contributed by atoms with Crippen LogP contribution in [0.4, 0.5) is 10.1 Å². The number of hydrogen-bond donors (Lipinski definition) is 1. The highest BCUT2D eigenvalue weighted by molar-refractivity contribution is 7.12. The fourth-order valence-electron chi connectivity index (χ4n) is 3.03. The molecule has 0 bridgehead atoms. The van der Waals surface area contributed by atoms with E-state index in [2.05, 4.69) is 18.3 Å².